The standard InChI is InChI=1S/C31H29NO/c1-24-12-18-29(19-13-24)32(28-10-5-4-6-11-28)30-20-16-27(17-21-30)25(2)8-7-9-26-14-22-31(33-3)23-15-26/h4-23H,1-3H3. The first-order valence-electron chi connectivity index (χ1n) is 11.2. The van der Waals surface area contributed by atoms with E-state index in [2.05, 4.69) is 122 Å². The number of aryl methyl sites for hydroxylation is 1. The summed E-state index contributed by atoms with van der Waals surface area (Å²) in [5, 5.41) is 0. The SMILES string of the molecule is COc1ccc(C=CC=C(C)c2ccc(N(c3ccccc3)c3ccc(C)cc3)cc2)cc1. The van der Waals surface area contributed by atoms with Gasteiger partial charge in [0.25, 0.3) is 0 Å². The average molecular weight is 432 g/mol. The van der Waals surface area contributed by atoms with Gasteiger partial charge in [-0.3, -0.25) is 0 Å². The number of benzene rings is 4. The van der Waals surface area contributed by atoms with Crippen LogP contribution in [0.2, 0.25) is 0 Å². The average Bonchev–Trinajstić information content (AvgIpc) is 2.87. The van der Waals surface area contributed by atoms with Crippen molar-refractivity contribution in [3.05, 3.63) is 132 Å². The van der Waals surface area contributed by atoms with Crippen LogP contribution in [0, 0.1) is 6.92 Å². The van der Waals surface area contributed by atoms with Crippen LogP contribution in [0.4, 0.5) is 17.1 Å². The predicted octanol–water partition coefficient (Wildman–Crippen LogP) is 8.59. The molecule has 164 valence electrons. The van der Waals surface area contributed by atoms with Crippen LogP contribution in [0.25, 0.3) is 11.6 Å². The van der Waals surface area contributed by atoms with E-state index in [4.69, 9.17) is 4.74 Å². The van der Waals surface area contributed by atoms with Gasteiger partial charge in [0.05, 0.1) is 7.11 Å². The molecule has 0 aliphatic rings. The first-order chi connectivity index (χ1) is 16.1. The molecule has 0 heterocycles. The van der Waals surface area contributed by atoms with Crippen LogP contribution in [-0.4, -0.2) is 7.11 Å². The van der Waals surface area contributed by atoms with E-state index in [0.717, 1.165) is 28.4 Å². The third kappa shape index (κ3) is 5.61. The van der Waals surface area contributed by atoms with Crippen LogP contribution in [0.3, 0.4) is 0 Å². The number of rotatable bonds is 7. The molecular formula is C31H29NO. The van der Waals surface area contributed by atoms with Crippen LogP contribution >= 0.6 is 0 Å². The molecule has 0 aliphatic carbocycles. The summed E-state index contributed by atoms with van der Waals surface area (Å²) in [7, 11) is 1.68. The highest BCUT2D eigenvalue weighted by Crippen LogP contribution is 2.35. The largest absolute Gasteiger partial charge is 0.497 e. The fourth-order valence-corrected chi connectivity index (χ4v) is 3.71. The minimum atomic E-state index is 0.870. The highest BCUT2D eigenvalue weighted by molar-refractivity contribution is 5.78. The van der Waals surface area contributed by atoms with E-state index in [1.165, 1.54) is 16.7 Å². The summed E-state index contributed by atoms with van der Waals surface area (Å²) in [6.45, 7) is 4.26. The third-order valence-corrected chi connectivity index (χ3v) is 5.64. The van der Waals surface area contributed by atoms with Gasteiger partial charge in [-0.1, -0.05) is 78.4 Å². The van der Waals surface area contributed by atoms with Crippen LogP contribution in [0.1, 0.15) is 23.6 Å². The van der Waals surface area contributed by atoms with Gasteiger partial charge in [-0.25, -0.2) is 0 Å². The molecule has 0 saturated heterocycles. The van der Waals surface area contributed by atoms with Gasteiger partial charge in [-0.05, 0) is 79.1 Å². The maximum absolute atomic E-state index is 5.22. The van der Waals surface area contributed by atoms with E-state index in [1.54, 1.807) is 7.11 Å². The van der Waals surface area contributed by atoms with Crippen molar-refractivity contribution in [3.63, 3.8) is 0 Å². The number of hydrogen-bond acceptors (Lipinski definition) is 2. The van der Waals surface area contributed by atoms with Crippen molar-refractivity contribution in [2.75, 3.05) is 12.0 Å². The minimum absolute atomic E-state index is 0.870. The van der Waals surface area contributed by atoms with E-state index in [-0.39, 0.29) is 0 Å². The lowest BCUT2D eigenvalue weighted by molar-refractivity contribution is 0.415. The molecular weight excluding hydrogens is 402 g/mol. The lowest BCUT2D eigenvalue weighted by atomic mass is 10.1. The molecule has 33 heavy (non-hydrogen) atoms. The molecule has 2 heteroatoms. The second kappa shape index (κ2) is 10.5. The van der Waals surface area contributed by atoms with Gasteiger partial charge in [0.1, 0.15) is 5.75 Å². The molecule has 0 atom stereocenters. The van der Waals surface area contributed by atoms with Gasteiger partial charge < -0.3 is 9.64 Å². The quantitative estimate of drug-likeness (QED) is 0.272. The van der Waals surface area contributed by atoms with Crippen molar-refractivity contribution in [1.29, 1.82) is 0 Å². The Bertz CT molecular complexity index is 1220. The van der Waals surface area contributed by atoms with Crippen LogP contribution in [0.15, 0.2) is 115 Å². The molecule has 0 aliphatic heterocycles. The zero-order valence-electron chi connectivity index (χ0n) is 19.4. The van der Waals surface area contributed by atoms with Crippen molar-refractivity contribution in [3.8, 4) is 5.75 Å². The monoisotopic (exact) mass is 431 g/mol. The van der Waals surface area contributed by atoms with Crippen molar-refractivity contribution in [1.82, 2.24) is 0 Å². The number of methoxy groups -OCH3 is 1. The van der Waals surface area contributed by atoms with E-state index < -0.39 is 0 Å². The van der Waals surface area contributed by atoms with Crippen LogP contribution < -0.4 is 9.64 Å². The van der Waals surface area contributed by atoms with Gasteiger partial charge in [0.15, 0.2) is 0 Å². The Morgan fingerprint density at radius 1 is 0.697 bits per heavy atom. The smallest absolute Gasteiger partial charge is 0.118 e. The van der Waals surface area contributed by atoms with Gasteiger partial charge in [-0.15, -0.1) is 0 Å². The fraction of sp³-hybridized carbons (Fsp3) is 0.0968. The zero-order valence-corrected chi connectivity index (χ0v) is 19.4. The summed E-state index contributed by atoms with van der Waals surface area (Å²) in [4.78, 5) is 2.28. The Hall–Kier alpha value is -4.04. The third-order valence-electron chi connectivity index (χ3n) is 5.64. The van der Waals surface area contributed by atoms with Gasteiger partial charge in [0, 0.05) is 17.1 Å². The first kappa shape index (κ1) is 22.2. The summed E-state index contributed by atoms with van der Waals surface area (Å²) in [6, 6.07) is 35.9. The molecule has 0 saturated carbocycles. The first-order valence-corrected chi connectivity index (χ1v) is 11.2. The maximum Gasteiger partial charge on any atom is 0.118 e. The number of hydrogen-bond donors (Lipinski definition) is 0. The number of nitrogens with zero attached hydrogens (tertiary/aromatic N) is 1. The highest BCUT2D eigenvalue weighted by atomic mass is 16.5. The Labute approximate surface area is 197 Å². The molecule has 0 N–H and O–H groups in total. The molecule has 0 fully saturated rings. The van der Waals surface area contributed by atoms with E-state index in [1.807, 2.05) is 18.2 Å². The molecule has 4 aromatic carbocycles. The number of anilines is 3. The van der Waals surface area contributed by atoms with Crippen molar-refractivity contribution in [2.24, 2.45) is 0 Å². The summed E-state index contributed by atoms with van der Waals surface area (Å²) >= 11 is 0. The van der Waals surface area contributed by atoms with Crippen LogP contribution in [-0.2, 0) is 0 Å². The topological polar surface area (TPSA) is 12.5 Å². The number of ether oxygens (including phenoxy) is 1. The molecule has 4 aromatic rings. The number of para-hydroxylation sites is 1. The summed E-state index contributed by atoms with van der Waals surface area (Å²) < 4.78 is 5.22. The van der Waals surface area contributed by atoms with Crippen molar-refractivity contribution in [2.45, 2.75) is 13.8 Å². The molecule has 0 bridgehead atoms. The normalized spacial score (nSPS) is 11.5. The maximum atomic E-state index is 5.22. The molecule has 2 nitrogen and oxygen atoms in total. The lowest BCUT2D eigenvalue weighted by Gasteiger charge is -2.25. The molecule has 0 amide bonds. The van der Waals surface area contributed by atoms with Gasteiger partial charge in [-0.2, -0.15) is 0 Å². The second-order valence-corrected chi connectivity index (χ2v) is 8.04. The Morgan fingerprint density at radius 3 is 1.88 bits per heavy atom. The lowest BCUT2D eigenvalue weighted by Crippen LogP contribution is -2.09. The number of allylic oxidation sites excluding steroid dienone is 3. The molecule has 0 unspecified atom stereocenters. The summed E-state index contributed by atoms with van der Waals surface area (Å²) in [5.41, 5.74) is 8.24. The molecule has 0 aromatic heterocycles. The zero-order chi connectivity index (χ0) is 23.0. The van der Waals surface area contributed by atoms with Crippen molar-refractivity contribution < 1.29 is 4.74 Å². The summed E-state index contributed by atoms with van der Waals surface area (Å²) in [5.74, 6) is 0.870. The fourth-order valence-electron chi connectivity index (χ4n) is 3.71. The summed E-state index contributed by atoms with van der Waals surface area (Å²) in [6.07, 6.45) is 6.34. The molecule has 0 radical (unpaired) electrons. The van der Waals surface area contributed by atoms with Gasteiger partial charge in [0.2, 0.25) is 0 Å². The van der Waals surface area contributed by atoms with Crippen molar-refractivity contribution >= 4 is 28.7 Å². The minimum Gasteiger partial charge on any atom is -0.497 e. The molecule has 4 rings (SSSR count). The Kier molecular flexibility index (Phi) is 7.06. The predicted molar refractivity (Wildman–Crippen MR) is 142 cm³/mol. The Balaban J connectivity index is 1.56. The highest BCUT2D eigenvalue weighted by Gasteiger charge is 2.12. The van der Waals surface area contributed by atoms with Crippen LogP contribution in [0.5, 0.6) is 5.75 Å². The van der Waals surface area contributed by atoms with Gasteiger partial charge >= 0.3 is 0 Å². The van der Waals surface area contributed by atoms with E-state index in [9.17, 15) is 0 Å². The Morgan fingerprint density at radius 2 is 1.27 bits per heavy atom. The second-order valence-electron chi connectivity index (χ2n) is 8.04. The molecule has 0 spiro atoms. The van der Waals surface area contributed by atoms with E-state index in [0.29, 0.717) is 0 Å². The van der Waals surface area contributed by atoms with E-state index >= 15 is 0 Å².